The number of sulfonamides is 1. The first-order valence-electron chi connectivity index (χ1n) is 10.4. The molecule has 0 saturated carbocycles. The lowest BCUT2D eigenvalue weighted by molar-refractivity contribution is -0.121. The van der Waals surface area contributed by atoms with Crippen LogP contribution in [0, 0.1) is 0 Å². The Kier molecular flexibility index (Phi) is 8.22. The van der Waals surface area contributed by atoms with Crippen LogP contribution in [0.3, 0.4) is 0 Å². The first-order chi connectivity index (χ1) is 13.7. The predicted octanol–water partition coefficient (Wildman–Crippen LogP) is 3.32. The average Bonchev–Trinajstić information content (AvgIpc) is 3.01. The van der Waals surface area contributed by atoms with Crippen LogP contribution in [0.15, 0.2) is 23.1 Å². The summed E-state index contributed by atoms with van der Waals surface area (Å²) in [4.78, 5) is 17.2. The van der Waals surface area contributed by atoms with E-state index in [9.17, 15) is 13.2 Å². The fourth-order valence-electron chi connectivity index (χ4n) is 3.36. The van der Waals surface area contributed by atoms with E-state index in [0.29, 0.717) is 18.4 Å². The van der Waals surface area contributed by atoms with Crippen molar-refractivity contribution in [3.8, 4) is 0 Å². The molecular weight excluding hydrogens is 388 g/mol. The van der Waals surface area contributed by atoms with Gasteiger partial charge in [0.1, 0.15) is 5.82 Å². The normalized spacial score (nSPS) is 13.2. The molecule has 1 aromatic heterocycles. The monoisotopic (exact) mass is 422 g/mol. The number of hydrogen-bond donors (Lipinski definition) is 1. The zero-order valence-corrected chi connectivity index (χ0v) is 19.1. The van der Waals surface area contributed by atoms with Crippen molar-refractivity contribution in [3.05, 3.63) is 24.0 Å². The van der Waals surface area contributed by atoms with Gasteiger partial charge in [0, 0.05) is 39.5 Å². The largest absolute Gasteiger partial charge is 0.354 e. The average molecular weight is 423 g/mol. The maximum absolute atomic E-state index is 12.4. The van der Waals surface area contributed by atoms with Crippen molar-refractivity contribution in [1.82, 2.24) is 19.2 Å². The molecule has 0 aliphatic carbocycles. The number of imidazole rings is 1. The third-order valence-corrected chi connectivity index (χ3v) is 6.83. The van der Waals surface area contributed by atoms with Crippen LogP contribution >= 0.6 is 0 Å². The van der Waals surface area contributed by atoms with Crippen LogP contribution in [0.2, 0.25) is 0 Å². The number of carbonyl (C=O) groups excluding carboxylic acids is 1. The molecule has 0 saturated heterocycles. The second-order valence-corrected chi connectivity index (χ2v) is 9.88. The number of fused-ring (bicyclic) bond motifs is 1. The van der Waals surface area contributed by atoms with E-state index >= 15 is 0 Å². The molecule has 8 heteroatoms. The fourth-order valence-corrected chi connectivity index (χ4v) is 4.29. The SMILES string of the molecule is CCCCn1c(CCC(=O)N[C@H](C)CCC)nc2cc(S(=O)(=O)N(C)C)ccc21. The minimum atomic E-state index is -3.51. The van der Waals surface area contributed by atoms with Gasteiger partial charge in [-0.25, -0.2) is 17.7 Å². The van der Waals surface area contributed by atoms with Gasteiger partial charge in [0.15, 0.2) is 0 Å². The second kappa shape index (κ2) is 10.2. The zero-order chi connectivity index (χ0) is 21.6. The van der Waals surface area contributed by atoms with Gasteiger partial charge in [0.25, 0.3) is 0 Å². The minimum Gasteiger partial charge on any atom is -0.354 e. The Morgan fingerprint density at radius 2 is 1.97 bits per heavy atom. The van der Waals surface area contributed by atoms with Crippen molar-refractivity contribution in [1.29, 1.82) is 0 Å². The molecule has 1 amide bonds. The molecule has 0 spiro atoms. The maximum Gasteiger partial charge on any atom is 0.242 e. The highest BCUT2D eigenvalue weighted by molar-refractivity contribution is 7.89. The van der Waals surface area contributed by atoms with Crippen molar-refractivity contribution in [2.24, 2.45) is 0 Å². The number of aryl methyl sites for hydroxylation is 2. The summed E-state index contributed by atoms with van der Waals surface area (Å²) in [7, 11) is -0.480. The van der Waals surface area contributed by atoms with Crippen LogP contribution in [0.4, 0.5) is 0 Å². The lowest BCUT2D eigenvalue weighted by atomic mass is 10.2. The first-order valence-corrected chi connectivity index (χ1v) is 11.9. The van der Waals surface area contributed by atoms with Gasteiger partial charge >= 0.3 is 0 Å². The molecule has 162 valence electrons. The minimum absolute atomic E-state index is 0.0240. The number of rotatable bonds is 11. The number of nitrogens with one attached hydrogen (secondary N) is 1. The summed E-state index contributed by atoms with van der Waals surface area (Å²) < 4.78 is 28.2. The van der Waals surface area contributed by atoms with Crippen molar-refractivity contribution < 1.29 is 13.2 Å². The molecule has 7 nitrogen and oxygen atoms in total. The number of nitrogens with zero attached hydrogens (tertiary/aromatic N) is 3. The van der Waals surface area contributed by atoms with E-state index in [-0.39, 0.29) is 16.8 Å². The van der Waals surface area contributed by atoms with E-state index in [1.54, 1.807) is 12.1 Å². The molecule has 1 N–H and O–H groups in total. The Morgan fingerprint density at radius 1 is 1.24 bits per heavy atom. The van der Waals surface area contributed by atoms with Gasteiger partial charge in [-0.05, 0) is 38.0 Å². The summed E-state index contributed by atoms with van der Waals surface area (Å²) in [6, 6.07) is 5.25. The Labute approximate surface area is 174 Å². The Balaban J connectivity index is 2.29. The van der Waals surface area contributed by atoms with Crippen LogP contribution in [0.1, 0.15) is 58.7 Å². The van der Waals surface area contributed by atoms with Crippen LogP contribution in [-0.4, -0.2) is 48.3 Å². The van der Waals surface area contributed by atoms with Gasteiger partial charge in [-0.1, -0.05) is 26.7 Å². The smallest absolute Gasteiger partial charge is 0.242 e. The molecule has 0 aliphatic heterocycles. The van der Waals surface area contributed by atoms with Gasteiger partial charge in [-0.3, -0.25) is 4.79 Å². The molecule has 0 unspecified atom stereocenters. The van der Waals surface area contributed by atoms with E-state index < -0.39 is 10.0 Å². The Hall–Kier alpha value is -1.93. The molecule has 2 rings (SSSR count). The number of carbonyl (C=O) groups is 1. The standard InChI is InChI=1S/C21H34N4O3S/c1-6-8-14-25-19-11-10-17(29(27,28)24(4)5)15-18(19)23-20(25)12-13-21(26)22-16(3)9-7-2/h10-11,15-16H,6-9,12-14H2,1-5H3,(H,22,26)/t16-/m1/s1. The van der Waals surface area contributed by atoms with Gasteiger partial charge in [-0.2, -0.15) is 0 Å². The third-order valence-electron chi connectivity index (χ3n) is 5.02. The molecule has 0 bridgehead atoms. The molecule has 0 radical (unpaired) electrons. The van der Waals surface area contributed by atoms with Crippen LogP contribution in [0.5, 0.6) is 0 Å². The molecule has 1 heterocycles. The highest BCUT2D eigenvalue weighted by Crippen LogP contribution is 2.23. The Bertz CT molecular complexity index is 935. The van der Waals surface area contributed by atoms with Crippen LogP contribution < -0.4 is 5.32 Å². The fraction of sp³-hybridized carbons (Fsp3) is 0.619. The summed E-state index contributed by atoms with van der Waals surface area (Å²) in [5.41, 5.74) is 1.56. The summed E-state index contributed by atoms with van der Waals surface area (Å²) in [5.74, 6) is 0.849. The summed E-state index contributed by atoms with van der Waals surface area (Å²) >= 11 is 0. The molecular formula is C21H34N4O3S. The first kappa shape index (κ1) is 23.3. The van der Waals surface area contributed by atoms with Gasteiger partial charge in [0.05, 0.1) is 15.9 Å². The van der Waals surface area contributed by atoms with E-state index in [0.717, 1.165) is 43.6 Å². The molecule has 1 atom stereocenters. The number of amides is 1. The highest BCUT2D eigenvalue weighted by atomic mass is 32.2. The highest BCUT2D eigenvalue weighted by Gasteiger charge is 2.20. The van der Waals surface area contributed by atoms with Gasteiger partial charge in [-0.15, -0.1) is 0 Å². The maximum atomic E-state index is 12.4. The summed E-state index contributed by atoms with van der Waals surface area (Å²) in [6.07, 6.45) is 4.93. The van der Waals surface area contributed by atoms with Crippen LogP contribution in [-0.2, 0) is 27.8 Å². The number of unbranched alkanes of at least 4 members (excludes halogenated alkanes) is 1. The van der Waals surface area contributed by atoms with E-state index in [2.05, 4.69) is 28.7 Å². The summed E-state index contributed by atoms with van der Waals surface area (Å²) in [6.45, 7) is 7.05. The lowest BCUT2D eigenvalue weighted by Gasteiger charge is -2.13. The Morgan fingerprint density at radius 3 is 2.59 bits per heavy atom. The number of benzene rings is 1. The van der Waals surface area contributed by atoms with E-state index in [1.165, 1.54) is 18.4 Å². The quantitative estimate of drug-likeness (QED) is 0.602. The molecule has 0 aliphatic rings. The summed E-state index contributed by atoms with van der Waals surface area (Å²) in [5, 5.41) is 3.03. The van der Waals surface area contributed by atoms with Crippen molar-refractivity contribution in [3.63, 3.8) is 0 Å². The topological polar surface area (TPSA) is 84.3 Å². The molecule has 29 heavy (non-hydrogen) atoms. The number of hydrogen-bond acceptors (Lipinski definition) is 4. The van der Waals surface area contributed by atoms with Crippen molar-refractivity contribution in [2.45, 2.75) is 76.8 Å². The van der Waals surface area contributed by atoms with Crippen LogP contribution in [0.25, 0.3) is 11.0 Å². The van der Waals surface area contributed by atoms with E-state index in [1.807, 2.05) is 13.0 Å². The zero-order valence-electron chi connectivity index (χ0n) is 18.2. The van der Waals surface area contributed by atoms with E-state index in [4.69, 9.17) is 0 Å². The van der Waals surface area contributed by atoms with Crippen molar-refractivity contribution in [2.75, 3.05) is 14.1 Å². The third kappa shape index (κ3) is 5.79. The van der Waals surface area contributed by atoms with Crippen molar-refractivity contribution >= 4 is 27.0 Å². The molecule has 0 fully saturated rings. The number of aromatic nitrogens is 2. The molecule has 1 aromatic carbocycles. The predicted molar refractivity (Wildman–Crippen MR) is 116 cm³/mol. The lowest BCUT2D eigenvalue weighted by Crippen LogP contribution is -2.32. The molecule has 2 aromatic rings. The van der Waals surface area contributed by atoms with Gasteiger partial charge in [0.2, 0.25) is 15.9 Å². The second-order valence-electron chi connectivity index (χ2n) is 7.73. The van der Waals surface area contributed by atoms with Gasteiger partial charge < -0.3 is 9.88 Å².